The maximum atomic E-state index is 12.3. The average Bonchev–Trinajstić information content (AvgIpc) is 2.66. The minimum absolute atomic E-state index is 0.351. The van der Waals surface area contributed by atoms with Gasteiger partial charge in [0.1, 0.15) is 12.4 Å². The molecule has 27 heavy (non-hydrogen) atoms. The second kappa shape index (κ2) is 9.96. The van der Waals surface area contributed by atoms with Gasteiger partial charge in [-0.1, -0.05) is 18.7 Å². The maximum Gasteiger partial charge on any atom is 0.275 e. The lowest BCUT2D eigenvalue weighted by atomic mass is 10.1. The van der Waals surface area contributed by atoms with Crippen molar-refractivity contribution < 1.29 is 19.0 Å². The Morgan fingerprint density at radius 2 is 1.96 bits per heavy atom. The van der Waals surface area contributed by atoms with E-state index in [-0.39, 0.29) is 5.91 Å². The van der Waals surface area contributed by atoms with E-state index in [1.165, 1.54) is 7.11 Å². The Hall–Kier alpha value is -2.55. The van der Waals surface area contributed by atoms with E-state index in [9.17, 15) is 4.79 Å². The zero-order valence-corrected chi connectivity index (χ0v) is 17.6. The van der Waals surface area contributed by atoms with Gasteiger partial charge in [-0.05, 0) is 64.9 Å². The first-order valence-corrected chi connectivity index (χ1v) is 9.17. The summed E-state index contributed by atoms with van der Waals surface area (Å²) in [5, 5.41) is 4.03. The average molecular weight is 480 g/mol. The van der Waals surface area contributed by atoms with Gasteiger partial charge in [0.05, 0.1) is 29.6 Å². The van der Waals surface area contributed by atoms with Gasteiger partial charge in [0.2, 0.25) is 0 Å². The maximum absolute atomic E-state index is 12.3. The molecule has 0 aliphatic heterocycles. The second-order valence-electron chi connectivity index (χ2n) is 5.54. The summed E-state index contributed by atoms with van der Waals surface area (Å²) in [7, 11) is 3.09. The highest BCUT2D eigenvalue weighted by atomic mass is 127. The number of hydrazone groups is 1. The number of benzene rings is 2. The molecule has 0 spiro atoms. The Bertz CT molecular complexity index is 865. The van der Waals surface area contributed by atoms with Crippen LogP contribution >= 0.6 is 22.6 Å². The first-order chi connectivity index (χ1) is 13.0. The molecule has 0 saturated heterocycles. The van der Waals surface area contributed by atoms with Crippen molar-refractivity contribution in [1.82, 2.24) is 5.43 Å². The monoisotopic (exact) mass is 480 g/mol. The molecule has 0 aliphatic carbocycles. The van der Waals surface area contributed by atoms with Crippen molar-refractivity contribution in [3.63, 3.8) is 0 Å². The predicted octanol–water partition coefficient (Wildman–Crippen LogP) is 3.95. The van der Waals surface area contributed by atoms with Crippen molar-refractivity contribution in [1.29, 1.82) is 0 Å². The summed E-state index contributed by atoms with van der Waals surface area (Å²) < 4.78 is 17.1. The van der Waals surface area contributed by atoms with E-state index >= 15 is 0 Å². The molecule has 7 heteroatoms. The van der Waals surface area contributed by atoms with Gasteiger partial charge in [-0.3, -0.25) is 4.79 Å². The van der Waals surface area contributed by atoms with Crippen LogP contribution in [0.3, 0.4) is 0 Å². The standard InChI is InChI=1S/C20H21IN2O4/c1-5-8-27-19-16(21)10-14(11-18(19)26-4)12-22-23-20(24)15-7-6-13(2)9-17(15)25-3/h5-7,9-12H,1,8H2,2-4H3,(H,23,24)/b22-12-. The number of hydrogen-bond donors (Lipinski definition) is 1. The van der Waals surface area contributed by atoms with Gasteiger partial charge in [-0.2, -0.15) is 5.10 Å². The molecule has 0 aromatic heterocycles. The van der Waals surface area contributed by atoms with Crippen LogP contribution in [0, 0.1) is 10.5 Å². The Balaban J connectivity index is 2.15. The lowest BCUT2D eigenvalue weighted by Crippen LogP contribution is -2.18. The van der Waals surface area contributed by atoms with Gasteiger partial charge in [0.15, 0.2) is 11.5 Å². The SMILES string of the molecule is C=CCOc1c(I)cc(/C=N\NC(=O)c2ccc(C)cc2OC)cc1OC. The number of nitrogens with one attached hydrogen (secondary N) is 1. The Morgan fingerprint density at radius 1 is 1.22 bits per heavy atom. The molecule has 0 radical (unpaired) electrons. The molecule has 0 heterocycles. The zero-order valence-electron chi connectivity index (χ0n) is 15.4. The topological polar surface area (TPSA) is 69.2 Å². The third-order valence-electron chi connectivity index (χ3n) is 3.58. The molecule has 2 rings (SSSR count). The number of ether oxygens (including phenoxy) is 3. The summed E-state index contributed by atoms with van der Waals surface area (Å²) in [5.74, 6) is 1.37. The molecule has 0 saturated carbocycles. The van der Waals surface area contributed by atoms with Gasteiger partial charge in [-0.15, -0.1) is 0 Å². The number of nitrogens with zero attached hydrogens (tertiary/aromatic N) is 1. The predicted molar refractivity (Wildman–Crippen MR) is 114 cm³/mol. The summed E-state index contributed by atoms with van der Waals surface area (Å²) in [6.07, 6.45) is 3.21. The lowest BCUT2D eigenvalue weighted by molar-refractivity contribution is 0.0952. The molecule has 2 aromatic rings. The highest BCUT2D eigenvalue weighted by Gasteiger charge is 2.12. The fourth-order valence-electron chi connectivity index (χ4n) is 2.31. The minimum atomic E-state index is -0.351. The normalized spacial score (nSPS) is 10.5. The largest absolute Gasteiger partial charge is 0.496 e. The quantitative estimate of drug-likeness (QED) is 0.269. The summed E-state index contributed by atoms with van der Waals surface area (Å²) >= 11 is 2.16. The highest BCUT2D eigenvalue weighted by Crippen LogP contribution is 2.33. The number of amides is 1. The molecular formula is C20H21IN2O4. The Morgan fingerprint density at radius 3 is 2.63 bits per heavy atom. The third-order valence-corrected chi connectivity index (χ3v) is 4.38. The number of hydrogen-bond acceptors (Lipinski definition) is 5. The fourth-order valence-corrected chi connectivity index (χ4v) is 3.09. The molecule has 0 atom stereocenters. The number of carbonyl (C=O) groups excluding carboxylic acids is 1. The Kier molecular flexibility index (Phi) is 7.66. The van der Waals surface area contributed by atoms with Crippen molar-refractivity contribution in [3.05, 3.63) is 63.2 Å². The first-order valence-electron chi connectivity index (χ1n) is 8.09. The van der Waals surface area contributed by atoms with Crippen LogP contribution in [0.15, 0.2) is 48.1 Å². The number of carbonyl (C=O) groups is 1. The van der Waals surface area contributed by atoms with Gasteiger partial charge in [0, 0.05) is 0 Å². The van der Waals surface area contributed by atoms with Crippen LogP contribution < -0.4 is 19.6 Å². The van der Waals surface area contributed by atoms with E-state index in [1.807, 2.05) is 19.1 Å². The van der Waals surface area contributed by atoms with Crippen LogP contribution in [0.5, 0.6) is 17.2 Å². The van der Waals surface area contributed by atoms with Crippen LogP contribution in [0.1, 0.15) is 21.5 Å². The zero-order chi connectivity index (χ0) is 19.8. The van der Waals surface area contributed by atoms with E-state index in [2.05, 4.69) is 39.7 Å². The molecule has 0 aliphatic rings. The molecule has 0 unspecified atom stereocenters. The molecule has 0 fully saturated rings. The lowest BCUT2D eigenvalue weighted by Gasteiger charge is -2.12. The molecular weight excluding hydrogens is 459 g/mol. The van der Waals surface area contributed by atoms with Gasteiger partial charge < -0.3 is 14.2 Å². The van der Waals surface area contributed by atoms with Gasteiger partial charge >= 0.3 is 0 Å². The van der Waals surface area contributed by atoms with Crippen LogP contribution in [-0.4, -0.2) is 32.9 Å². The minimum Gasteiger partial charge on any atom is -0.496 e. The summed E-state index contributed by atoms with van der Waals surface area (Å²) in [6.45, 7) is 5.95. The highest BCUT2D eigenvalue weighted by molar-refractivity contribution is 14.1. The molecule has 2 aromatic carbocycles. The van der Waals surface area contributed by atoms with Crippen LogP contribution in [0.4, 0.5) is 0 Å². The van der Waals surface area contributed by atoms with Crippen molar-refractivity contribution >= 4 is 34.7 Å². The number of aryl methyl sites for hydroxylation is 1. The van der Waals surface area contributed by atoms with Crippen LogP contribution in [0.25, 0.3) is 0 Å². The van der Waals surface area contributed by atoms with Gasteiger partial charge in [-0.25, -0.2) is 5.43 Å². The van der Waals surface area contributed by atoms with E-state index < -0.39 is 0 Å². The molecule has 142 valence electrons. The van der Waals surface area contributed by atoms with Crippen LogP contribution in [-0.2, 0) is 0 Å². The third kappa shape index (κ3) is 5.46. The molecule has 1 amide bonds. The smallest absolute Gasteiger partial charge is 0.275 e. The second-order valence-corrected chi connectivity index (χ2v) is 6.70. The van der Waals surface area contributed by atoms with Crippen molar-refractivity contribution in [2.45, 2.75) is 6.92 Å². The first kappa shape index (κ1) is 20.8. The van der Waals surface area contributed by atoms with Crippen molar-refractivity contribution in [2.75, 3.05) is 20.8 Å². The number of rotatable bonds is 8. The number of halogens is 1. The summed E-state index contributed by atoms with van der Waals surface area (Å²) in [6, 6.07) is 9.01. The van der Waals surface area contributed by atoms with E-state index in [0.29, 0.717) is 29.4 Å². The molecule has 1 N–H and O–H groups in total. The Labute approximate surface area is 172 Å². The summed E-state index contributed by atoms with van der Waals surface area (Å²) in [5.41, 5.74) is 4.70. The van der Waals surface area contributed by atoms with Crippen molar-refractivity contribution in [2.24, 2.45) is 5.10 Å². The fraction of sp³-hybridized carbons (Fsp3) is 0.200. The van der Waals surface area contributed by atoms with E-state index in [0.717, 1.165) is 14.7 Å². The molecule has 6 nitrogen and oxygen atoms in total. The van der Waals surface area contributed by atoms with E-state index in [1.54, 1.807) is 37.6 Å². The van der Waals surface area contributed by atoms with Crippen molar-refractivity contribution in [3.8, 4) is 17.2 Å². The van der Waals surface area contributed by atoms with E-state index in [4.69, 9.17) is 14.2 Å². The van der Waals surface area contributed by atoms with Crippen LogP contribution in [0.2, 0.25) is 0 Å². The number of methoxy groups -OCH3 is 2. The van der Waals surface area contributed by atoms with Gasteiger partial charge in [0.25, 0.3) is 5.91 Å². The molecule has 0 bridgehead atoms. The summed E-state index contributed by atoms with van der Waals surface area (Å²) in [4.78, 5) is 12.3.